The second kappa shape index (κ2) is 8.46. The molecule has 0 atom stereocenters. The molecule has 0 fully saturated rings. The normalized spacial score (nSPS) is 11.7. The number of methoxy groups -OCH3 is 1. The molecule has 2 aromatic heterocycles. The van der Waals surface area contributed by atoms with Gasteiger partial charge in [0.15, 0.2) is 11.5 Å². The van der Waals surface area contributed by atoms with E-state index in [1.165, 1.54) is 4.52 Å². The van der Waals surface area contributed by atoms with E-state index in [9.17, 15) is 9.59 Å². The molecule has 30 heavy (non-hydrogen) atoms. The summed E-state index contributed by atoms with van der Waals surface area (Å²) >= 11 is 1.13. The van der Waals surface area contributed by atoms with Gasteiger partial charge >= 0.3 is 0 Å². The maximum atomic E-state index is 12.9. The Balaban J connectivity index is 1.77. The number of ether oxygens (including phenoxy) is 2. The van der Waals surface area contributed by atoms with Crippen molar-refractivity contribution in [2.45, 2.75) is 13.3 Å². The lowest BCUT2D eigenvalue weighted by Gasteiger charge is -2.09. The van der Waals surface area contributed by atoms with Crippen LogP contribution >= 0.6 is 11.3 Å². The first kappa shape index (κ1) is 19.8. The quantitative estimate of drug-likeness (QED) is 0.474. The van der Waals surface area contributed by atoms with E-state index >= 15 is 0 Å². The van der Waals surface area contributed by atoms with Crippen molar-refractivity contribution < 1.29 is 9.47 Å². The van der Waals surface area contributed by atoms with E-state index in [0.29, 0.717) is 29.1 Å². The fraction of sp³-hybridized carbons (Fsp3) is 0.182. The molecule has 0 spiro atoms. The fourth-order valence-corrected chi connectivity index (χ4v) is 3.95. The lowest BCUT2D eigenvalue weighted by molar-refractivity contribution is 0.311. The molecule has 0 aliphatic rings. The van der Waals surface area contributed by atoms with Crippen LogP contribution < -0.4 is 25.1 Å². The van der Waals surface area contributed by atoms with Crippen molar-refractivity contribution in [1.82, 2.24) is 14.6 Å². The molecule has 2 aromatic carbocycles. The zero-order valence-electron chi connectivity index (χ0n) is 16.5. The Kier molecular flexibility index (Phi) is 5.58. The molecule has 0 N–H and O–H groups in total. The van der Waals surface area contributed by atoms with Crippen LogP contribution in [0.3, 0.4) is 0 Å². The SMILES string of the molecule is CCOc1ccc(/C=c2/sc3nc(=O)c(Cc4ccccc4)nn3c2=O)cc1OC. The van der Waals surface area contributed by atoms with Gasteiger partial charge in [-0.25, -0.2) is 0 Å². The van der Waals surface area contributed by atoms with Crippen LogP contribution in [0.4, 0.5) is 0 Å². The molecule has 0 radical (unpaired) electrons. The third-order valence-corrected chi connectivity index (χ3v) is 5.41. The Hall–Kier alpha value is -3.52. The number of hydrogen-bond donors (Lipinski definition) is 0. The van der Waals surface area contributed by atoms with Crippen molar-refractivity contribution in [2.75, 3.05) is 13.7 Å². The minimum Gasteiger partial charge on any atom is -0.493 e. The van der Waals surface area contributed by atoms with Crippen molar-refractivity contribution in [3.05, 3.63) is 90.6 Å². The first-order chi connectivity index (χ1) is 14.6. The van der Waals surface area contributed by atoms with Crippen molar-refractivity contribution in [1.29, 1.82) is 0 Å². The predicted octanol–water partition coefficient (Wildman–Crippen LogP) is 2.06. The van der Waals surface area contributed by atoms with Gasteiger partial charge in [0.2, 0.25) is 4.96 Å². The minimum absolute atomic E-state index is 0.239. The number of aromatic nitrogens is 3. The number of hydrogen-bond acceptors (Lipinski definition) is 7. The van der Waals surface area contributed by atoms with E-state index < -0.39 is 5.56 Å². The molecule has 0 unspecified atom stereocenters. The Morgan fingerprint density at radius 3 is 2.63 bits per heavy atom. The van der Waals surface area contributed by atoms with Gasteiger partial charge in [-0.2, -0.15) is 14.6 Å². The summed E-state index contributed by atoms with van der Waals surface area (Å²) in [6.45, 7) is 2.42. The molecule has 4 rings (SSSR count). The molecule has 7 nitrogen and oxygen atoms in total. The molecule has 152 valence electrons. The van der Waals surface area contributed by atoms with Crippen molar-refractivity contribution >= 4 is 22.4 Å². The van der Waals surface area contributed by atoms with E-state index in [1.807, 2.05) is 43.3 Å². The molecule has 4 aromatic rings. The van der Waals surface area contributed by atoms with E-state index in [1.54, 1.807) is 25.3 Å². The second-order valence-electron chi connectivity index (χ2n) is 6.48. The van der Waals surface area contributed by atoms with E-state index in [4.69, 9.17) is 9.47 Å². The van der Waals surface area contributed by atoms with Gasteiger partial charge in [0.25, 0.3) is 11.1 Å². The van der Waals surface area contributed by atoms with Gasteiger partial charge < -0.3 is 9.47 Å². The molecule has 0 bridgehead atoms. The summed E-state index contributed by atoms with van der Waals surface area (Å²) < 4.78 is 12.5. The number of thiazole rings is 1. The Morgan fingerprint density at radius 1 is 1.10 bits per heavy atom. The van der Waals surface area contributed by atoms with Crippen molar-refractivity contribution in [3.8, 4) is 11.5 Å². The molecular formula is C22H19N3O4S. The molecule has 8 heteroatoms. The first-order valence-electron chi connectivity index (χ1n) is 9.38. The van der Waals surface area contributed by atoms with Gasteiger partial charge in [0, 0.05) is 6.42 Å². The molecule has 0 saturated carbocycles. The molecular weight excluding hydrogens is 402 g/mol. The predicted molar refractivity (Wildman–Crippen MR) is 116 cm³/mol. The van der Waals surface area contributed by atoms with Crippen molar-refractivity contribution in [3.63, 3.8) is 0 Å². The summed E-state index contributed by atoms with van der Waals surface area (Å²) in [4.78, 5) is 29.6. The standard InChI is InChI=1S/C22H19N3O4S/c1-3-29-17-10-9-15(12-18(17)28-2)13-19-21(27)25-22(30-19)23-20(26)16(24-25)11-14-7-5-4-6-8-14/h4-10,12-13H,3,11H2,1-2H3/b19-13+. The van der Waals surface area contributed by atoms with Crippen LogP contribution in [-0.4, -0.2) is 28.3 Å². The highest BCUT2D eigenvalue weighted by molar-refractivity contribution is 7.15. The van der Waals surface area contributed by atoms with Gasteiger partial charge in [0.05, 0.1) is 18.2 Å². The largest absolute Gasteiger partial charge is 0.493 e. The fourth-order valence-electron chi connectivity index (χ4n) is 3.04. The summed E-state index contributed by atoms with van der Waals surface area (Å²) in [5, 5.41) is 4.28. The molecule has 0 aliphatic carbocycles. The van der Waals surface area contributed by atoms with Crippen LogP contribution in [0.15, 0.2) is 58.1 Å². The van der Waals surface area contributed by atoms with Crippen molar-refractivity contribution in [2.24, 2.45) is 0 Å². The Morgan fingerprint density at radius 2 is 1.90 bits per heavy atom. The van der Waals surface area contributed by atoms with Gasteiger partial charge in [-0.15, -0.1) is 0 Å². The maximum Gasteiger partial charge on any atom is 0.296 e. The number of benzene rings is 2. The number of fused-ring (bicyclic) bond motifs is 1. The first-order valence-corrected chi connectivity index (χ1v) is 10.2. The summed E-state index contributed by atoms with van der Waals surface area (Å²) in [6.07, 6.45) is 2.04. The lowest BCUT2D eigenvalue weighted by atomic mass is 10.1. The van der Waals surface area contributed by atoms with E-state index in [-0.39, 0.29) is 16.2 Å². The number of rotatable bonds is 6. The lowest BCUT2D eigenvalue weighted by Crippen LogP contribution is -2.28. The average Bonchev–Trinajstić information content (AvgIpc) is 3.04. The average molecular weight is 421 g/mol. The summed E-state index contributed by atoms with van der Waals surface area (Å²) in [5.41, 5.74) is 1.20. The number of nitrogens with zero attached hydrogens (tertiary/aromatic N) is 3. The summed E-state index contributed by atoms with van der Waals surface area (Å²) in [7, 11) is 1.56. The van der Waals surface area contributed by atoms with Gasteiger partial charge in [-0.3, -0.25) is 9.59 Å². The highest BCUT2D eigenvalue weighted by atomic mass is 32.1. The van der Waals surface area contributed by atoms with Crippen LogP contribution in [0, 0.1) is 0 Å². The Labute approximate surface area is 175 Å². The summed E-state index contributed by atoms with van der Waals surface area (Å²) in [5.74, 6) is 1.21. The van der Waals surface area contributed by atoms with Gasteiger partial charge in [-0.05, 0) is 36.3 Å². The zero-order chi connectivity index (χ0) is 21.1. The summed E-state index contributed by atoms with van der Waals surface area (Å²) in [6, 6.07) is 14.9. The topological polar surface area (TPSA) is 82.8 Å². The van der Waals surface area contributed by atoms with Crippen LogP contribution in [0.25, 0.3) is 11.0 Å². The molecule has 0 amide bonds. The Bertz CT molecular complexity index is 1360. The second-order valence-corrected chi connectivity index (χ2v) is 7.49. The van der Waals surface area contributed by atoms with E-state index in [2.05, 4.69) is 10.1 Å². The van der Waals surface area contributed by atoms with Crippen LogP contribution in [0.2, 0.25) is 0 Å². The van der Waals surface area contributed by atoms with Crippen LogP contribution in [0.5, 0.6) is 11.5 Å². The third kappa shape index (κ3) is 3.95. The zero-order valence-corrected chi connectivity index (χ0v) is 17.3. The third-order valence-electron chi connectivity index (χ3n) is 4.45. The molecule has 0 aliphatic heterocycles. The van der Waals surface area contributed by atoms with Gasteiger partial charge in [0.1, 0.15) is 5.69 Å². The highest BCUT2D eigenvalue weighted by Crippen LogP contribution is 2.28. The van der Waals surface area contributed by atoms with E-state index in [0.717, 1.165) is 22.5 Å². The molecule has 2 heterocycles. The minimum atomic E-state index is -0.422. The smallest absolute Gasteiger partial charge is 0.296 e. The molecule has 0 saturated heterocycles. The maximum absolute atomic E-state index is 12.9. The highest BCUT2D eigenvalue weighted by Gasteiger charge is 2.12. The monoisotopic (exact) mass is 421 g/mol. The van der Waals surface area contributed by atoms with Crippen LogP contribution in [-0.2, 0) is 6.42 Å². The van der Waals surface area contributed by atoms with Crippen LogP contribution in [0.1, 0.15) is 23.7 Å². The van der Waals surface area contributed by atoms with Gasteiger partial charge in [-0.1, -0.05) is 47.7 Å².